The lowest BCUT2D eigenvalue weighted by Gasteiger charge is -2.31. The Kier molecular flexibility index (Phi) is 6.97. The molecule has 2 aliphatic heterocycles. The molecule has 1 saturated heterocycles. The summed E-state index contributed by atoms with van der Waals surface area (Å²) in [5, 5.41) is 0. The monoisotopic (exact) mass is 465 g/mol. The molecule has 0 saturated carbocycles. The van der Waals surface area contributed by atoms with Gasteiger partial charge in [-0.2, -0.15) is 0 Å². The summed E-state index contributed by atoms with van der Waals surface area (Å²) >= 11 is 3.47. The van der Waals surface area contributed by atoms with E-state index in [2.05, 4.69) is 15.9 Å². The highest BCUT2D eigenvalue weighted by Gasteiger charge is 2.36. The summed E-state index contributed by atoms with van der Waals surface area (Å²) in [6, 6.07) is 5.42. The van der Waals surface area contributed by atoms with E-state index in [1.807, 2.05) is 17.0 Å². The van der Waals surface area contributed by atoms with Gasteiger partial charge < -0.3 is 23.8 Å². The van der Waals surface area contributed by atoms with Gasteiger partial charge in [0.25, 0.3) is 0 Å². The van der Waals surface area contributed by atoms with Crippen LogP contribution in [0.5, 0.6) is 5.75 Å². The topological polar surface area (TPSA) is 74.3 Å². The van der Waals surface area contributed by atoms with E-state index in [0.29, 0.717) is 27.9 Å². The number of rotatable bonds is 6. The van der Waals surface area contributed by atoms with Crippen molar-refractivity contribution in [3.05, 3.63) is 51.8 Å². The zero-order chi connectivity index (χ0) is 21.0. The van der Waals surface area contributed by atoms with E-state index in [0.717, 1.165) is 25.0 Å². The van der Waals surface area contributed by atoms with Crippen molar-refractivity contribution in [3.8, 4) is 5.75 Å². The Balaban J connectivity index is 2.04. The summed E-state index contributed by atoms with van der Waals surface area (Å²) in [6.07, 6.45) is 5.44. The zero-order valence-electron chi connectivity index (χ0n) is 16.6. The number of ether oxygens (including phenoxy) is 4. The van der Waals surface area contributed by atoms with Crippen LogP contribution in [0, 0.1) is 0 Å². The van der Waals surface area contributed by atoms with Gasteiger partial charge in [0.1, 0.15) is 5.75 Å². The molecule has 0 bridgehead atoms. The normalized spacial score (nSPS) is 19.4. The first-order chi connectivity index (χ1) is 14.0. The van der Waals surface area contributed by atoms with Gasteiger partial charge in [0.2, 0.25) is 0 Å². The van der Waals surface area contributed by atoms with Crippen molar-refractivity contribution in [2.45, 2.75) is 24.9 Å². The first kappa shape index (κ1) is 21.4. The Morgan fingerprint density at radius 3 is 2.28 bits per heavy atom. The van der Waals surface area contributed by atoms with Crippen LogP contribution in [0.1, 0.15) is 24.3 Å². The summed E-state index contributed by atoms with van der Waals surface area (Å²) in [5.41, 5.74) is 1.44. The Hall–Kier alpha value is -2.32. The number of hydrogen-bond acceptors (Lipinski definition) is 7. The van der Waals surface area contributed by atoms with Gasteiger partial charge in [-0.05, 0) is 46.5 Å². The number of nitrogens with zero attached hydrogens (tertiary/aromatic N) is 1. The largest absolute Gasteiger partial charge is 0.496 e. The van der Waals surface area contributed by atoms with Crippen LogP contribution in [0.4, 0.5) is 0 Å². The van der Waals surface area contributed by atoms with Gasteiger partial charge >= 0.3 is 11.9 Å². The molecule has 1 fully saturated rings. The summed E-state index contributed by atoms with van der Waals surface area (Å²) < 4.78 is 21.7. The summed E-state index contributed by atoms with van der Waals surface area (Å²) in [6.45, 7) is 1.27. The lowest BCUT2D eigenvalue weighted by atomic mass is 9.83. The van der Waals surface area contributed by atoms with Crippen molar-refractivity contribution in [3.63, 3.8) is 0 Å². The van der Waals surface area contributed by atoms with Gasteiger partial charge in [0, 0.05) is 25.6 Å². The van der Waals surface area contributed by atoms with E-state index < -0.39 is 17.9 Å². The summed E-state index contributed by atoms with van der Waals surface area (Å²) in [4.78, 5) is 27.1. The Bertz CT molecular complexity index is 810. The summed E-state index contributed by atoms with van der Waals surface area (Å²) in [7, 11) is 4.22. The molecule has 0 spiro atoms. The number of esters is 2. The van der Waals surface area contributed by atoms with Crippen LogP contribution in [0.25, 0.3) is 0 Å². The summed E-state index contributed by atoms with van der Waals surface area (Å²) in [5.74, 6) is -0.989. The minimum atomic E-state index is -0.627. The maximum absolute atomic E-state index is 12.6. The average molecular weight is 466 g/mol. The smallest absolute Gasteiger partial charge is 0.336 e. The molecule has 0 aliphatic carbocycles. The van der Waals surface area contributed by atoms with Crippen molar-refractivity contribution in [1.82, 2.24) is 4.90 Å². The maximum Gasteiger partial charge on any atom is 0.336 e. The molecule has 0 aromatic heterocycles. The minimum Gasteiger partial charge on any atom is -0.496 e. The molecule has 3 rings (SSSR count). The van der Waals surface area contributed by atoms with Crippen LogP contribution in [0.3, 0.4) is 0 Å². The molecule has 0 unspecified atom stereocenters. The number of hydrogen-bond donors (Lipinski definition) is 0. The van der Waals surface area contributed by atoms with E-state index in [1.165, 1.54) is 14.2 Å². The van der Waals surface area contributed by atoms with Gasteiger partial charge in [-0.15, -0.1) is 0 Å². The first-order valence-corrected chi connectivity index (χ1v) is 10.1. The minimum absolute atomic E-state index is 0.0481. The SMILES string of the molecule is COC(=O)C1=CN(C[C@@H]2CCCO2)C=C(C(=O)OC)C1c1ccc(OC)c(Br)c1. The predicted octanol–water partition coefficient (Wildman–Crippen LogP) is 3.15. The third-order valence-corrected chi connectivity index (χ3v) is 5.64. The number of halogens is 1. The quantitative estimate of drug-likeness (QED) is 0.597. The fraction of sp³-hybridized carbons (Fsp3) is 0.429. The molecule has 1 aromatic carbocycles. The molecular weight excluding hydrogens is 442 g/mol. The molecule has 29 heavy (non-hydrogen) atoms. The Labute approximate surface area is 178 Å². The second-order valence-electron chi connectivity index (χ2n) is 6.81. The van der Waals surface area contributed by atoms with Gasteiger partial charge in [0.05, 0.1) is 49.0 Å². The lowest BCUT2D eigenvalue weighted by molar-refractivity contribution is -0.137. The third-order valence-electron chi connectivity index (χ3n) is 5.02. The molecular formula is C21H24BrNO6. The average Bonchev–Trinajstić information content (AvgIpc) is 3.24. The Morgan fingerprint density at radius 2 is 1.79 bits per heavy atom. The lowest BCUT2D eigenvalue weighted by Crippen LogP contribution is -2.32. The fourth-order valence-corrected chi connectivity index (χ4v) is 4.20. The van der Waals surface area contributed by atoms with Crippen molar-refractivity contribution in [1.29, 1.82) is 0 Å². The maximum atomic E-state index is 12.6. The molecule has 1 atom stereocenters. The Morgan fingerprint density at radius 1 is 1.14 bits per heavy atom. The molecule has 2 heterocycles. The second-order valence-corrected chi connectivity index (χ2v) is 7.67. The van der Waals surface area contributed by atoms with Gasteiger partial charge in [-0.25, -0.2) is 9.59 Å². The van der Waals surface area contributed by atoms with Crippen molar-refractivity contribution < 1.29 is 28.5 Å². The van der Waals surface area contributed by atoms with Crippen LogP contribution >= 0.6 is 15.9 Å². The molecule has 0 N–H and O–H groups in total. The highest BCUT2D eigenvalue weighted by Crippen LogP contribution is 2.39. The molecule has 7 nitrogen and oxygen atoms in total. The van der Waals surface area contributed by atoms with E-state index >= 15 is 0 Å². The predicted molar refractivity (Wildman–Crippen MR) is 109 cm³/mol. The number of carbonyl (C=O) groups excluding carboxylic acids is 2. The van der Waals surface area contributed by atoms with Crippen LogP contribution in [0.15, 0.2) is 46.2 Å². The molecule has 1 aromatic rings. The van der Waals surface area contributed by atoms with Crippen LogP contribution < -0.4 is 4.74 Å². The van der Waals surface area contributed by atoms with E-state index in [-0.39, 0.29) is 6.10 Å². The second kappa shape index (κ2) is 9.45. The molecule has 2 aliphatic rings. The molecule has 0 amide bonds. The van der Waals surface area contributed by atoms with Crippen LogP contribution in [-0.4, -0.2) is 57.4 Å². The van der Waals surface area contributed by atoms with Gasteiger partial charge in [-0.3, -0.25) is 0 Å². The van der Waals surface area contributed by atoms with Crippen molar-refractivity contribution in [2.24, 2.45) is 0 Å². The van der Waals surface area contributed by atoms with E-state index in [1.54, 1.807) is 25.6 Å². The highest BCUT2D eigenvalue weighted by molar-refractivity contribution is 9.10. The molecule has 8 heteroatoms. The van der Waals surface area contributed by atoms with E-state index in [9.17, 15) is 9.59 Å². The van der Waals surface area contributed by atoms with Crippen LogP contribution in [0.2, 0.25) is 0 Å². The third kappa shape index (κ3) is 4.64. The number of methoxy groups -OCH3 is 3. The standard InChI is InChI=1S/C21H24BrNO6/c1-26-18-7-6-13(9-17(18)22)19-15(20(24)27-2)11-23(10-14-5-4-8-29-14)12-16(19)21(25)28-3/h6-7,9,11-12,14,19H,4-5,8,10H2,1-3H3/t14-/m0/s1. The number of carbonyl (C=O) groups is 2. The molecule has 156 valence electrons. The molecule has 0 radical (unpaired) electrons. The van der Waals surface area contributed by atoms with Crippen molar-refractivity contribution in [2.75, 3.05) is 34.5 Å². The van der Waals surface area contributed by atoms with Gasteiger partial charge in [-0.1, -0.05) is 6.07 Å². The fourth-order valence-electron chi connectivity index (χ4n) is 3.64. The van der Waals surface area contributed by atoms with Crippen molar-refractivity contribution >= 4 is 27.9 Å². The van der Waals surface area contributed by atoms with E-state index in [4.69, 9.17) is 18.9 Å². The first-order valence-electron chi connectivity index (χ1n) is 9.29. The van der Waals surface area contributed by atoms with Gasteiger partial charge in [0.15, 0.2) is 0 Å². The zero-order valence-corrected chi connectivity index (χ0v) is 18.2. The highest BCUT2D eigenvalue weighted by atomic mass is 79.9. The number of benzene rings is 1. The van der Waals surface area contributed by atoms with Crippen LogP contribution in [-0.2, 0) is 23.8 Å².